The van der Waals surface area contributed by atoms with E-state index in [1.165, 1.54) is 11.5 Å². The van der Waals surface area contributed by atoms with E-state index >= 15 is 0 Å². The smallest absolute Gasteiger partial charge is 0.162 e. The van der Waals surface area contributed by atoms with Crippen molar-refractivity contribution in [1.82, 2.24) is 4.37 Å². The highest BCUT2D eigenvalue weighted by Crippen LogP contribution is 2.36. The summed E-state index contributed by atoms with van der Waals surface area (Å²) in [5.74, 6) is 0.243. The molecule has 0 aliphatic carbocycles. The van der Waals surface area contributed by atoms with Gasteiger partial charge in [0.1, 0.15) is 16.6 Å². The molecule has 2 aromatic rings. The van der Waals surface area contributed by atoms with Crippen LogP contribution >= 0.6 is 23.1 Å². The Hall–Kier alpha value is -1.61. The molecule has 1 N–H and O–H groups in total. The van der Waals surface area contributed by atoms with Gasteiger partial charge in [0.15, 0.2) is 5.15 Å². The van der Waals surface area contributed by atoms with Crippen molar-refractivity contribution in [3.05, 3.63) is 46.6 Å². The van der Waals surface area contributed by atoms with Gasteiger partial charge in [-0.15, -0.1) is 0 Å². The van der Waals surface area contributed by atoms with Gasteiger partial charge < -0.3 is 10.0 Å². The van der Waals surface area contributed by atoms with Crippen LogP contribution in [0.5, 0.6) is 0 Å². The van der Waals surface area contributed by atoms with Crippen LogP contribution in [-0.2, 0) is 0 Å². The standard InChI is InChI=1S/C16H16ClN3OS/c17-15-13(10-18)16(22-19-15)20-8-6-12(7-9-20)14(21)11-4-2-1-3-5-11/h1-5,12,14,21H,6-9H2/t14-/m0/s1. The number of anilines is 1. The average molecular weight is 334 g/mol. The van der Waals surface area contributed by atoms with Gasteiger partial charge in [-0.25, -0.2) is 0 Å². The van der Waals surface area contributed by atoms with Crippen LogP contribution in [0, 0.1) is 17.2 Å². The van der Waals surface area contributed by atoms with E-state index < -0.39 is 6.10 Å². The number of nitriles is 1. The molecule has 1 atom stereocenters. The lowest BCUT2D eigenvalue weighted by Crippen LogP contribution is -2.35. The molecule has 0 spiro atoms. The molecule has 1 fully saturated rings. The van der Waals surface area contributed by atoms with Crippen LogP contribution in [0.15, 0.2) is 30.3 Å². The van der Waals surface area contributed by atoms with E-state index in [1.54, 1.807) is 0 Å². The van der Waals surface area contributed by atoms with E-state index in [2.05, 4.69) is 15.3 Å². The predicted molar refractivity (Wildman–Crippen MR) is 88.2 cm³/mol. The molecule has 0 amide bonds. The largest absolute Gasteiger partial charge is 0.388 e. The Morgan fingerprint density at radius 3 is 2.64 bits per heavy atom. The van der Waals surface area contributed by atoms with Crippen molar-refractivity contribution in [2.45, 2.75) is 18.9 Å². The van der Waals surface area contributed by atoms with Gasteiger partial charge in [0.25, 0.3) is 0 Å². The van der Waals surface area contributed by atoms with E-state index in [1.807, 2.05) is 30.3 Å². The molecule has 0 saturated carbocycles. The maximum atomic E-state index is 10.5. The quantitative estimate of drug-likeness (QED) is 0.932. The van der Waals surface area contributed by atoms with E-state index in [0.29, 0.717) is 5.56 Å². The number of benzene rings is 1. The second-order valence-corrected chi connectivity index (χ2v) is 6.56. The summed E-state index contributed by atoms with van der Waals surface area (Å²) in [7, 11) is 0. The Bertz CT molecular complexity index is 674. The second kappa shape index (κ2) is 6.66. The molecule has 4 nitrogen and oxygen atoms in total. The summed E-state index contributed by atoms with van der Waals surface area (Å²) < 4.78 is 4.06. The summed E-state index contributed by atoms with van der Waals surface area (Å²) in [6.07, 6.45) is 1.34. The van der Waals surface area contributed by atoms with Crippen LogP contribution in [0.4, 0.5) is 5.00 Å². The van der Waals surface area contributed by atoms with Crippen LogP contribution in [0.25, 0.3) is 0 Å². The van der Waals surface area contributed by atoms with Crippen molar-refractivity contribution < 1.29 is 5.11 Å². The van der Waals surface area contributed by atoms with Gasteiger partial charge >= 0.3 is 0 Å². The van der Waals surface area contributed by atoms with Gasteiger partial charge in [0.2, 0.25) is 0 Å². The van der Waals surface area contributed by atoms with Crippen molar-refractivity contribution >= 4 is 28.1 Å². The minimum absolute atomic E-state index is 0.243. The second-order valence-electron chi connectivity index (χ2n) is 5.45. The molecule has 1 aromatic heterocycles. The summed E-state index contributed by atoms with van der Waals surface area (Å²) in [4.78, 5) is 2.15. The highest BCUT2D eigenvalue weighted by molar-refractivity contribution is 7.10. The molecule has 1 aromatic carbocycles. The monoisotopic (exact) mass is 333 g/mol. The first-order valence-corrected chi connectivity index (χ1v) is 8.39. The maximum Gasteiger partial charge on any atom is 0.162 e. The Morgan fingerprint density at radius 1 is 1.32 bits per heavy atom. The molecule has 3 rings (SSSR count). The van der Waals surface area contributed by atoms with Crippen LogP contribution in [0.3, 0.4) is 0 Å². The zero-order valence-corrected chi connectivity index (χ0v) is 13.5. The molecular formula is C16H16ClN3OS. The van der Waals surface area contributed by atoms with Crippen LogP contribution < -0.4 is 4.90 Å². The van der Waals surface area contributed by atoms with Gasteiger partial charge in [-0.2, -0.15) is 9.64 Å². The summed E-state index contributed by atoms with van der Waals surface area (Å²) in [5.41, 5.74) is 1.44. The lowest BCUT2D eigenvalue weighted by molar-refractivity contribution is 0.0930. The fraction of sp³-hybridized carbons (Fsp3) is 0.375. The molecule has 114 valence electrons. The Balaban J connectivity index is 1.67. The molecule has 0 unspecified atom stereocenters. The molecule has 0 radical (unpaired) electrons. The first kappa shape index (κ1) is 15.3. The normalized spacial score (nSPS) is 17.2. The number of nitrogens with zero attached hydrogens (tertiary/aromatic N) is 3. The maximum absolute atomic E-state index is 10.5. The van der Waals surface area contributed by atoms with Crippen molar-refractivity contribution in [1.29, 1.82) is 5.26 Å². The van der Waals surface area contributed by atoms with Gasteiger partial charge in [-0.3, -0.25) is 0 Å². The van der Waals surface area contributed by atoms with E-state index in [9.17, 15) is 10.4 Å². The fourth-order valence-electron chi connectivity index (χ4n) is 2.91. The molecule has 22 heavy (non-hydrogen) atoms. The SMILES string of the molecule is N#Cc1c(Cl)nsc1N1CCC([C@@H](O)c2ccccc2)CC1. The molecule has 2 heterocycles. The first-order chi connectivity index (χ1) is 10.7. The third kappa shape index (κ3) is 2.95. The minimum atomic E-state index is -0.427. The van der Waals surface area contributed by atoms with Gasteiger partial charge in [0, 0.05) is 13.1 Å². The lowest BCUT2D eigenvalue weighted by Gasteiger charge is -2.34. The summed E-state index contributed by atoms with van der Waals surface area (Å²) in [6.45, 7) is 1.61. The van der Waals surface area contributed by atoms with Crippen LogP contribution in [0.2, 0.25) is 5.15 Å². The van der Waals surface area contributed by atoms with E-state index in [4.69, 9.17) is 11.6 Å². The Labute approximate surface area is 138 Å². The number of piperidine rings is 1. The third-order valence-corrected chi connectivity index (χ3v) is 5.44. The number of halogens is 1. The summed E-state index contributed by atoms with van der Waals surface area (Å²) in [6, 6.07) is 11.9. The molecule has 6 heteroatoms. The predicted octanol–water partition coefficient (Wildman–Crippen LogP) is 3.62. The molecule has 1 saturated heterocycles. The lowest BCUT2D eigenvalue weighted by atomic mass is 9.87. The van der Waals surface area contributed by atoms with Crippen molar-refractivity contribution in [2.24, 2.45) is 5.92 Å². The zero-order valence-electron chi connectivity index (χ0n) is 11.9. The summed E-state index contributed by atoms with van der Waals surface area (Å²) >= 11 is 7.21. The number of aromatic nitrogens is 1. The van der Waals surface area contributed by atoms with Gasteiger partial charge in [-0.05, 0) is 35.9 Å². The number of hydrogen-bond acceptors (Lipinski definition) is 5. The first-order valence-electron chi connectivity index (χ1n) is 7.24. The molecule has 0 bridgehead atoms. The highest BCUT2D eigenvalue weighted by Gasteiger charge is 2.28. The molecular weight excluding hydrogens is 318 g/mol. The van der Waals surface area contributed by atoms with Crippen LogP contribution in [-0.4, -0.2) is 22.6 Å². The highest BCUT2D eigenvalue weighted by atomic mass is 35.5. The number of rotatable bonds is 3. The van der Waals surface area contributed by atoms with Gasteiger partial charge in [-0.1, -0.05) is 41.9 Å². The van der Waals surface area contributed by atoms with E-state index in [-0.39, 0.29) is 11.1 Å². The fourth-order valence-corrected chi connectivity index (χ4v) is 3.99. The molecule has 1 aliphatic heterocycles. The summed E-state index contributed by atoms with van der Waals surface area (Å²) in [5, 5.41) is 20.8. The van der Waals surface area contributed by atoms with E-state index in [0.717, 1.165) is 36.5 Å². The van der Waals surface area contributed by atoms with Crippen LogP contribution in [0.1, 0.15) is 30.1 Å². The van der Waals surface area contributed by atoms with Gasteiger partial charge in [0.05, 0.1) is 6.10 Å². The number of hydrogen-bond donors (Lipinski definition) is 1. The van der Waals surface area contributed by atoms with Crippen molar-refractivity contribution in [3.8, 4) is 6.07 Å². The minimum Gasteiger partial charge on any atom is -0.388 e. The topological polar surface area (TPSA) is 60.2 Å². The zero-order chi connectivity index (χ0) is 15.5. The Morgan fingerprint density at radius 2 is 2.00 bits per heavy atom. The Kier molecular flexibility index (Phi) is 4.63. The van der Waals surface area contributed by atoms with Crippen molar-refractivity contribution in [3.63, 3.8) is 0 Å². The number of aliphatic hydroxyl groups is 1. The van der Waals surface area contributed by atoms with Crippen molar-refractivity contribution in [2.75, 3.05) is 18.0 Å². The number of aliphatic hydroxyl groups excluding tert-OH is 1. The third-order valence-electron chi connectivity index (χ3n) is 4.16. The molecule has 1 aliphatic rings. The average Bonchev–Trinajstić information content (AvgIpc) is 2.96.